The molecule has 0 aliphatic rings. The van der Waals surface area contributed by atoms with Crippen molar-refractivity contribution in [1.29, 1.82) is 0 Å². The highest BCUT2D eigenvalue weighted by molar-refractivity contribution is 5.77. The number of nitrogens with one attached hydrogen (secondary N) is 2. The molecule has 100 valence electrons. The van der Waals surface area contributed by atoms with Gasteiger partial charge in [0.1, 0.15) is 5.82 Å². The molecule has 0 fully saturated rings. The third-order valence-corrected chi connectivity index (χ3v) is 2.69. The minimum Gasteiger partial charge on any atom is -0.353 e. The Morgan fingerprint density at radius 1 is 1.44 bits per heavy atom. The van der Waals surface area contributed by atoms with Gasteiger partial charge in [0.25, 0.3) is 0 Å². The van der Waals surface area contributed by atoms with Crippen LogP contribution in [-0.4, -0.2) is 45.0 Å². The summed E-state index contributed by atoms with van der Waals surface area (Å²) in [6.07, 6.45) is 0. The number of carbonyl (C=O) groups is 1. The molecule has 0 radical (unpaired) electrons. The summed E-state index contributed by atoms with van der Waals surface area (Å²) in [4.78, 5) is 13.4. The fourth-order valence-electron chi connectivity index (χ4n) is 1.75. The van der Waals surface area contributed by atoms with Gasteiger partial charge in [-0.05, 0) is 38.8 Å². The molecule has 4 nitrogen and oxygen atoms in total. The van der Waals surface area contributed by atoms with Gasteiger partial charge in [0.15, 0.2) is 0 Å². The van der Waals surface area contributed by atoms with Crippen LogP contribution in [0.5, 0.6) is 0 Å². The van der Waals surface area contributed by atoms with Crippen LogP contribution < -0.4 is 10.6 Å². The quantitative estimate of drug-likeness (QED) is 0.787. The highest BCUT2D eigenvalue weighted by atomic mass is 19.1. The predicted molar refractivity (Wildman–Crippen MR) is 69.8 cm³/mol. The summed E-state index contributed by atoms with van der Waals surface area (Å²) in [6.45, 7) is 0.736. The summed E-state index contributed by atoms with van der Waals surface area (Å²) >= 11 is 0. The maximum atomic E-state index is 13.2. The number of rotatable bonds is 6. The number of hydrogen-bond donors (Lipinski definition) is 2. The molecule has 1 atom stereocenters. The van der Waals surface area contributed by atoms with Crippen molar-refractivity contribution in [3.63, 3.8) is 0 Å². The van der Waals surface area contributed by atoms with E-state index in [4.69, 9.17) is 0 Å². The van der Waals surface area contributed by atoms with Crippen molar-refractivity contribution in [3.05, 3.63) is 35.6 Å². The molecule has 0 bridgehead atoms. The molecule has 0 saturated heterocycles. The predicted octanol–water partition coefficient (Wildman–Crippen LogP) is 0.764. The maximum Gasteiger partial charge on any atom is 0.234 e. The summed E-state index contributed by atoms with van der Waals surface area (Å²) in [5.41, 5.74) is 0.852. The number of hydrogen-bond acceptors (Lipinski definition) is 3. The third-order valence-electron chi connectivity index (χ3n) is 2.69. The molecule has 1 amide bonds. The second-order valence-electron chi connectivity index (χ2n) is 4.37. The number of carbonyl (C=O) groups excluding carboxylic acids is 1. The molecule has 0 aromatic heterocycles. The van der Waals surface area contributed by atoms with Crippen molar-refractivity contribution in [1.82, 2.24) is 15.5 Å². The Bertz CT molecular complexity index is 396. The Hall–Kier alpha value is -1.46. The van der Waals surface area contributed by atoms with Crippen LogP contribution >= 0.6 is 0 Å². The molecule has 1 aromatic rings. The number of likely N-dealkylation sites (N-methyl/N-ethyl adjacent to an activating group) is 2. The van der Waals surface area contributed by atoms with E-state index in [1.807, 2.05) is 25.1 Å². The van der Waals surface area contributed by atoms with E-state index in [9.17, 15) is 9.18 Å². The molecule has 0 heterocycles. The van der Waals surface area contributed by atoms with E-state index < -0.39 is 0 Å². The van der Waals surface area contributed by atoms with Gasteiger partial charge in [-0.3, -0.25) is 4.79 Å². The van der Waals surface area contributed by atoms with Gasteiger partial charge in [0.2, 0.25) is 5.91 Å². The Kier molecular flexibility index (Phi) is 5.74. The van der Waals surface area contributed by atoms with E-state index in [2.05, 4.69) is 10.6 Å². The molecule has 0 saturated carbocycles. The Labute approximate surface area is 107 Å². The van der Waals surface area contributed by atoms with E-state index in [0.29, 0.717) is 6.54 Å². The summed E-state index contributed by atoms with van der Waals surface area (Å²) < 4.78 is 13.2. The van der Waals surface area contributed by atoms with E-state index in [0.717, 1.165) is 5.56 Å². The molecule has 18 heavy (non-hydrogen) atoms. The van der Waals surface area contributed by atoms with Crippen molar-refractivity contribution in [2.75, 3.05) is 34.2 Å². The average molecular weight is 253 g/mol. The van der Waals surface area contributed by atoms with Crippen molar-refractivity contribution < 1.29 is 9.18 Å². The molecule has 0 spiro atoms. The number of halogens is 1. The van der Waals surface area contributed by atoms with Gasteiger partial charge in [0.05, 0.1) is 12.6 Å². The second-order valence-corrected chi connectivity index (χ2v) is 4.37. The van der Waals surface area contributed by atoms with Crippen LogP contribution in [0.1, 0.15) is 11.6 Å². The summed E-state index contributed by atoms with van der Waals surface area (Å²) in [5, 5.41) is 5.60. The topological polar surface area (TPSA) is 44.4 Å². The summed E-state index contributed by atoms with van der Waals surface area (Å²) in [5.74, 6) is -0.332. The molecule has 1 rings (SSSR count). The Morgan fingerprint density at radius 3 is 2.72 bits per heavy atom. The van der Waals surface area contributed by atoms with Gasteiger partial charge >= 0.3 is 0 Å². The van der Waals surface area contributed by atoms with Crippen LogP contribution in [-0.2, 0) is 4.79 Å². The van der Waals surface area contributed by atoms with Gasteiger partial charge in [0, 0.05) is 6.54 Å². The van der Waals surface area contributed by atoms with E-state index in [-0.39, 0.29) is 24.3 Å². The van der Waals surface area contributed by atoms with Crippen LogP contribution in [0.3, 0.4) is 0 Å². The largest absolute Gasteiger partial charge is 0.353 e. The lowest BCUT2D eigenvalue weighted by molar-refractivity contribution is -0.120. The summed E-state index contributed by atoms with van der Waals surface area (Å²) in [7, 11) is 5.52. The fourth-order valence-corrected chi connectivity index (χ4v) is 1.75. The standard InChI is InChI=1S/C13H20FN3O/c1-15-9-13(18)16-8-12(17(2)3)10-5-4-6-11(14)7-10/h4-7,12,15H,8-9H2,1-3H3,(H,16,18). The van der Waals surface area contributed by atoms with E-state index >= 15 is 0 Å². The van der Waals surface area contributed by atoms with Gasteiger partial charge in [-0.25, -0.2) is 4.39 Å². The Balaban J connectivity index is 2.69. The van der Waals surface area contributed by atoms with E-state index in [1.165, 1.54) is 12.1 Å². The minimum atomic E-state index is -0.263. The van der Waals surface area contributed by atoms with E-state index in [1.54, 1.807) is 13.1 Å². The molecule has 5 heteroatoms. The maximum absolute atomic E-state index is 13.2. The van der Waals surface area contributed by atoms with Gasteiger partial charge in [-0.15, -0.1) is 0 Å². The minimum absolute atomic E-state index is 0.0403. The SMILES string of the molecule is CNCC(=O)NCC(c1cccc(F)c1)N(C)C. The zero-order valence-corrected chi connectivity index (χ0v) is 11.0. The monoisotopic (exact) mass is 253 g/mol. The highest BCUT2D eigenvalue weighted by Crippen LogP contribution is 2.18. The lowest BCUT2D eigenvalue weighted by atomic mass is 10.1. The lowest BCUT2D eigenvalue weighted by Crippen LogP contribution is -2.38. The number of nitrogens with zero attached hydrogens (tertiary/aromatic N) is 1. The zero-order valence-electron chi connectivity index (χ0n) is 11.0. The normalized spacial score (nSPS) is 12.5. The molecule has 2 N–H and O–H groups in total. The first kappa shape index (κ1) is 14.6. The lowest BCUT2D eigenvalue weighted by Gasteiger charge is -2.25. The van der Waals surface area contributed by atoms with Crippen molar-refractivity contribution in [2.45, 2.75) is 6.04 Å². The molecular weight excluding hydrogens is 233 g/mol. The van der Waals surface area contributed by atoms with Crippen molar-refractivity contribution >= 4 is 5.91 Å². The summed E-state index contributed by atoms with van der Waals surface area (Å²) in [6, 6.07) is 6.40. The highest BCUT2D eigenvalue weighted by Gasteiger charge is 2.15. The van der Waals surface area contributed by atoms with Crippen LogP contribution in [0.4, 0.5) is 4.39 Å². The third kappa shape index (κ3) is 4.43. The van der Waals surface area contributed by atoms with Crippen LogP contribution in [0.25, 0.3) is 0 Å². The first-order valence-electron chi connectivity index (χ1n) is 5.87. The Morgan fingerprint density at radius 2 is 2.17 bits per heavy atom. The fraction of sp³-hybridized carbons (Fsp3) is 0.462. The van der Waals surface area contributed by atoms with Gasteiger partial charge in [-0.2, -0.15) is 0 Å². The average Bonchev–Trinajstić information content (AvgIpc) is 2.29. The molecule has 1 aromatic carbocycles. The molecular formula is C13H20FN3O. The van der Waals surface area contributed by atoms with Crippen molar-refractivity contribution in [3.8, 4) is 0 Å². The van der Waals surface area contributed by atoms with Crippen LogP contribution in [0.15, 0.2) is 24.3 Å². The first-order chi connectivity index (χ1) is 8.54. The number of amides is 1. The van der Waals surface area contributed by atoms with Crippen LogP contribution in [0, 0.1) is 5.82 Å². The first-order valence-corrected chi connectivity index (χ1v) is 5.87. The van der Waals surface area contributed by atoms with Crippen molar-refractivity contribution in [2.24, 2.45) is 0 Å². The zero-order chi connectivity index (χ0) is 13.5. The molecule has 1 unspecified atom stereocenters. The van der Waals surface area contributed by atoms with Crippen LogP contribution in [0.2, 0.25) is 0 Å². The molecule has 0 aliphatic heterocycles. The number of benzene rings is 1. The smallest absolute Gasteiger partial charge is 0.234 e. The van der Waals surface area contributed by atoms with Gasteiger partial charge < -0.3 is 15.5 Å². The molecule has 0 aliphatic carbocycles. The second kappa shape index (κ2) is 7.08. The van der Waals surface area contributed by atoms with Gasteiger partial charge in [-0.1, -0.05) is 12.1 Å².